The topological polar surface area (TPSA) is 78.4 Å². The zero-order valence-electron chi connectivity index (χ0n) is 15.3. The molecule has 26 heavy (non-hydrogen) atoms. The predicted molar refractivity (Wildman–Crippen MR) is 119 cm³/mol. The number of aliphatic imine (C=N–C) groups is 1. The number of aromatic nitrogens is 1. The van der Waals surface area contributed by atoms with E-state index in [-0.39, 0.29) is 29.9 Å². The van der Waals surface area contributed by atoms with Crippen molar-refractivity contribution in [2.45, 2.75) is 26.8 Å². The highest BCUT2D eigenvalue weighted by molar-refractivity contribution is 14.0. The zero-order valence-corrected chi connectivity index (χ0v) is 18.5. The monoisotopic (exact) mass is 487 g/mol. The van der Waals surface area contributed by atoms with Gasteiger partial charge < -0.3 is 16.0 Å². The SMILES string of the molecule is CCNC(=NCc1ccc(C(=O)NC)cc1)NCCc1ncc(C)s1.I. The normalized spacial score (nSPS) is 10.8. The molecule has 1 heterocycles. The van der Waals surface area contributed by atoms with Gasteiger partial charge in [0.25, 0.3) is 5.91 Å². The van der Waals surface area contributed by atoms with Crippen LogP contribution in [0.15, 0.2) is 35.5 Å². The first-order valence-electron chi connectivity index (χ1n) is 8.37. The second kappa shape index (κ2) is 11.8. The molecule has 0 atom stereocenters. The van der Waals surface area contributed by atoms with E-state index in [1.165, 1.54) is 4.88 Å². The summed E-state index contributed by atoms with van der Waals surface area (Å²) in [7, 11) is 1.63. The van der Waals surface area contributed by atoms with Gasteiger partial charge in [-0.05, 0) is 31.5 Å². The summed E-state index contributed by atoms with van der Waals surface area (Å²) >= 11 is 1.72. The van der Waals surface area contributed by atoms with E-state index >= 15 is 0 Å². The lowest BCUT2D eigenvalue weighted by atomic mass is 10.1. The molecule has 0 fully saturated rings. The molecular weight excluding hydrogens is 461 g/mol. The van der Waals surface area contributed by atoms with Crippen molar-refractivity contribution in [3.05, 3.63) is 51.5 Å². The predicted octanol–water partition coefficient (Wildman–Crippen LogP) is 2.73. The molecule has 0 aliphatic carbocycles. The Bertz CT molecular complexity index is 715. The number of carbonyl (C=O) groups excluding carboxylic acids is 1. The summed E-state index contributed by atoms with van der Waals surface area (Å²) in [5.41, 5.74) is 1.71. The highest BCUT2D eigenvalue weighted by atomic mass is 127. The van der Waals surface area contributed by atoms with Crippen LogP contribution in [-0.4, -0.2) is 37.0 Å². The van der Waals surface area contributed by atoms with Crippen molar-refractivity contribution in [1.82, 2.24) is 20.9 Å². The van der Waals surface area contributed by atoms with Gasteiger partial charge in [0.2, 0.25) is 0 Å². The number of carbonyl (C=O) groups is 1. The van der Waals surface area contributed by atoms with Crippen molar-refractivity contribution in [2.24, 2.45) is 4.99 Å². The Morgan fingerprint density at radius 3 is 2.54 bits per heavy atom. The van der Waals surface area contributed by atoms with Crippen LogP contribution in [0, 0.1) is 6.92 Å². The second-order valence-corrected chi connectivity index (χ2v) is 6.83. The van der Waals surface area contributed by atoms with Crippen LogP contribution >= 0.6 is 35.3 Å². The van der Waals surface area contributed by atoms with E-state index in [4.69, 9.17) is 0 Å². The maximum atomic E-state index is 11.5. The van der Waals surface area contributed by atoms with Gasteiger partial charge in [-0.3, -0.25) is 4.79 Å². The third-order valence-electron chi connectivity index (χ3n) is 3.51. The van der Waals surface area contributed by atoms with E-state index < -0.39 is 0 Å². The number of rotatable bonds is 7. The third-order valence-corrected chi connectivity index (χ3v) is 4.48. The molecule has 2 rings (SSSR count). The van der Waals surface area contributed by atoms with Crippen molar-refractivity contribution in [3.63, 3.8) is 0 Å². The Kier molecular flexibility index (Phi) is 10.2. The van der Waals surface area contributed by atoms with Crippen molar-refractivity contribution in [2.75, 3.05) is 20.1 Å². The fraction of sp³-hybridized carbons (Fsp3) is 0.389. The number of nitrogens with one attached hydrogen (secondary N) is 3. The average Bonchev–Trinajstić information content (AvgIpc) is 3.04. The number of amides is 1. The van der Waals surface area contributed by atoms with Crippen molar-refractivity contribution in [1.29, 1.82) is 0 Å². The molecule has 2 aromatic rings. The molecule has 3 N–H and O–H groups in total. The molecule has 0 aliphatic heterocycles. The maximum absolute atomic E-state index is 11.5. The Balaban J connectivity index is 0.00000338. The number of aryl methyl sites for hydroxylation is 1. The van der Waals surface area contributed by atoms with Gasteiger partial charge in [0.05, 0.1) is 11.6 Å². The van der Waals surface area contributed by atoms with Crippen molar-refractivity contribution < 1.29 is 4.79 Å². The Labute approximate surface area is 175 Å². The zero-order chi connectivity index (χ0) is 18.1. The molecule has 0 spiro atoms. The quantitative estimate of drug-likeness (QED) is 0.319. The van der Waals surface area contributed by atoms with Gasteiger partial charge >= 0.3 is 0 Å². The number of benzene rings is 1. The first-order valence-corrected chi connectivity index (χ1v) is 9.18. The van der Waals surface area contributed by atoms with E-state index in [1.807, 2.05) is 37.4 Å². The van der Waals surface area contributed by atoms with Crippen LogP contribution in [0.1, 0.15) is 32.7 Å². The summed E-state index contributed by atoms with van der Waals surface area (Å²) in [5.74, 6) is 0.702. The summed E-state index contributed by atoms with van der Waals surface area (Å²) in [5, 5.41) is 10.3. The van der Waals surface area contributed by atoms with E-state index in [9.17, 15) is 4.79 Å². The van der Waals surface area contributed by atoms with E-state index in [2.05, 4.69) is 32.9 Å². The molecule has 0 radical (unpaired) electrons. The van der Waals surface area contributed by atoms with Gasteiger partial charge in [-0.1, -0.05) is 12.1 Å². The fourth-order valence-corrected chi connectivity index (χ4v) is 3.01. The largest absolute Gasteiger partial charge is 0.357 e. The number of hydrogen-bond donors (Lipinski definition) is 3. The maximum Gasteiger partial charge on any atom is 0.251 e. The van der Waals surface area contributed by atoms with Crippen LogP contribution in [0.4, 0.5) is 0 Å². The summed E-state index contributed by atoms with van der Waals surface area (Å²) in [6.07, 6.45) is 2.78. The van der Waals surface area contributed by atoms with Crippen LogP contribution in [0.5, 0.6) is 0 Å². The molecule has 1 aromatic heterocycles. The molecule has 142 valence electrons. The van der Waals surface area contributed by atoms with E-state index in [0.29, 0.717) is 12.1 Å². The van der Waals surface area contributed by atoms with Crippen molar-refractivity contribution in [3.8, 4) is 0 Å². The van der Waals surface area contributed by atoms with E-state index in [0.717, 1.165) is 36.0 Å². The van der Waals surface area contributed by atoms with Crippen molar-refractivity contribution >= 4 is 47.2 Å². The lowest BCUT2D eigenvalue weighted by molar-refractivity contribution is 0.0963. The van der Waals surface area contributed by atoms with Crippen LogP contribution in [0.25, 0.3) is 0 Å². The highest BCUT2D eigenvalue weighted by Crippen LogP contribution is 2.11. The minimum absolute atomic E-state index is 0. The lowest BCUT2D eigenvalue weighted by Gasteiger charge is -2.10. The van der Waals surface area contributed by atoms with E-state index in [1.54, 1.807) is 18.4 Å². The first kappa shape index (κ1) is 22.4. The number of nitrogens with zero attached hydrogens (tertiary/aromatic N) is 2. The summed E-state index contributed by atoms with van der Waals surface area (Å²) in [6, 6.07) is 7.48. The van der Waals surface area contributed by atoms with Gasteiger partial charge in [0, 0.05) is 43.2 Å². The molecule has 6 nitrogen and oxygen atoms in total. The van der Waals surface area contributed by atoms with Gasteiger partial charge in [-0.2, -0.15) is 0 Å². The Morgan fingerprint density at radius 1 is 1.23 bits per heavy atom. The molecule has 0 saturated carbocycles. The molecule has 8 heteroatoms. The molecule has 0 bridgehead atoms. The molecule has 0 aliphatic rings. The number of halogens is 1. The lowest BCUT2D eigenvalue weighted by Crippen LogP contribution is -2.38. The minimum Gasteiger partial charge on any atom is -0.357 e. The van der Waals surface area contributed by atoms with Crippen LogP contribution in [0.3, 0.4) is 0 Å². The molecule has 0 saturated heterocycles. The van der Waals surface area contributed by atoms with Gasteiger partial charge in [0.15, 0.2) is 5.96 Å². The van der Waals surface area contributed by atoms with Crippen LogP contribution in [-0.2, 0) is 13.0 Å². The first-order chi connectivity index (χ1) is 12.1. The second-order valence-electron chi connectivity index (χ2n) is 5.51. The highest BCUT2D eigenvalue weighted by Gasteiger charge is 2.03. The summed E-state index contributed by atoms with van der Waals surface area (Å²) in [6.45, 7) is 6.25. The number of guanidine groups is 1. The Morgan fingerprint density at radius 2 is 1.96 bits per heavy atom. The van der Waals surface area contributed by atoms with Gasteiger partial charge in [-0.15, -0.1) is 35.3 Å². The fourth-order valence-electron chi connectivity index (χ4n) is 2.22. The molecule has 1 amide bonds. The minimum atomic E-state index is -0.0810. The summed E-state index contributed by atoms with van der Waals surface area (Å²) in [4.78, 5) is 21.7. The molecule has 1 aromatic carbocycles. The van der Waals surface area contributed by atoms with Gasteiger partial charge in [-0.25, -0.2) is 9.98 Å². The molecule has 0 unspecified atom stereocenters. The Hall–Kier alpha value is -1.68. The number of hydrogen-bond acceptors (Lipinski definition) is 4. The third kappa shape index (κ3) is 7.28. The number of thiazole rings is 1. The smallest absolute Gasteiger partial charge is 0.251 e. The molecular formula is C18H26IN5OS. The standard InChI is InChI=1S/C18H25N5OS.HI/c1-4-20-18(21-10-9-16-22-11-13(2)25-16)23-12-14-5-7-15(8-6-14)17(24)19-3;/h5-8,11H,4,9-10,12H2,1-3H3,(H,19,24)(H2,20,21,23);1H. The van der Waals surface area contributed by atoms with Gasteiger partial charge in [0.1, 0.15) is 0 Å². The van der Waals surface area contributed by atoms with Crippen LogP contribution < -0.4 is 16.0 Å². The summed E-state index contributed by atoms with van der Waals surface area (Å²) < 4.78 is 0. The van der Waals surface area contributed by atoms with Crippen LogP contribution in [0.2, 0.25) is 0 Å². The average molecular weight is 487 g/mol.